The van der Waals surface area contributed by atoms with Crippen molar-refractivity contribution in [2.75, 3.05) is 18.0 Å². The topological polar surface area (TPSA) is 90.9 Å². The SMILES string of the molecule is CC(C)Oc1cc(C(=O)NC(Cc2ccccc2)C(O)CNCc2cccc(Br)c2)cc(N2CCCC2=O)c1. The van der Waals surface area contributed by atoms with Gasteiger partial charge < -0.3 is 25.4 Å². The van der Waals surface area contributed by atoms with Crippen LogP contribution in [0.4, 0.5) is 5.69 Å². The lowest BCUT2D eigenvalue weighted by Gasteiger charge is -2.26. The molecule has 39 heavy (non-hydrogen) atoms. The molecule has 0 aromatic heterocycles. The molecule has 2 unspecified atom stereocenters. The van der Waals surface area contributed by atoms with Gasteiger partial charge in [-0.05, 0) is 62.1 Å². The first-order valence-corrected chi connectivity index (χ1v) is 14.2. The van der Waals surface area contributed by atoms with Crippen LogP contribution >= 0.6 is 15.9 Å². The van der Waals surface area contributed by atoms with Gasteiger partial charge in [-0.3, -0.25) is 9.59 Å². The van der Waals surface area contributed by atoms with Gasteiger partial charge in [-0.25, -0.2) is 0 Å². The molecule has 2 atom stereocenters. The third-order valence-electron chi connectivity index (χ3n) is 6.56. The van der Waals surface area contributed by atoms with Crippen molar-refractivity contribution < 1.29 is 19.4 Å². The van der Waals surface area contributed by atoms with E-state index in [2.05, 4.69) is 26.6 Å². The number of ether oxygens (including phenoxy) is 1. The molecule has 206 valence electrons. The minimum Gasteiger partial charge on any atom is -0.491 e. The summed E-state index contributed by atoms with van der Waals surface area (Å²) in [5.41, 5.74) is 3.13. The Balaban J connectivity index is 1.52. The van der Waals surface area contributed by atoms with Crippen LogP contribution in [-0.2, 0) is 17.8 Å². The Morgan fingerprint density at radius 1 is 1.05 bits per heavy atom. The second-order valence-corrected chi connectivity index (χ2v) is 11.0. The Hall–Kier alpha value is -3.20. The van der Waals surface area contributed by atoms with E-state index < -0.39 is 12.1 Å². The van der Waals surface area contributed by atoms with Gasteiger partial charge in [0.05, 0.1) is 18.2 Å². The highest BCUT2D eigenvalue weighted by Gasteiger charge is 2.26. The van der Waals surface area contributed by atoms with Crippen molar-refractivity contribution in [1.82, 2.24) is 10.6 Å². The Morgan fingerprint density at radius 2 is 1.82 bits per heavy atom. The number of anilines is 1. The first-order chi connectivity index (χ1) is 18.8. The van der Waals surface area contributed by atoms with Crippen molar-refractivity contribution in [3.05, 3.63) is 94.0 Å². The fourth-order valence-corrected chi connectivity index (χ4v) is 5.13. The molecule has 7 nitrogen and oxygen atoms in total. The van der Waals surface area contributed by atoms with E-state index in [0.29, 0.717) is 49.5 Å². The Kier molecular flexibility index (Phi) is 10.1. The molecule has 0 saturated carbocycles. The van der Waals surface area contributed by atoms with Crippen molar-refractivity contribution in [2.45, 2.75) is 57.9 Å². The number of aliphatic hydroxyl groups is 1. The summed E-state index contributed by atoms with van der Waals surface area (Å²) in [5, 5.41) is 17.5. The zero-order valence-corrected chi connectivity index (χ0v) is 24.0. The van der Waals surface area contributed by atoms with E-state index >= 15 is 0 Å². The summed E-state index contributed by atoms with van der Waals surface area (Å²) in [4.78, 5) is 27.7. The van der Waals surface area contributed by atoms with E-state index in [4.69, 9.17) is 4.74 Å². The van der Waals surface area contributed by atoms with Crippen LogP contribution in [-0.4, -0.2) is 48.3 Å². The minimum absolute atomic E-state index is 0.0388. The van der Waals surface area contributed by atoms with Crippen molar-refractivity contribution in [2.24, 2.45) is 0 Å². The third kappa shape index (κ3) is 8.39. The van der Waals surface area contributed by atoms with E-state index in [9.17, 15) is 14.7 Å². The standard InChI is InChI=1S/C31H36BrN3O4/c1-21(2)39-27-17-24(16-26(18-27)35-13-7-12-30(35)37)31(38)34-28(15-22-8-4-3-5-9-22)29(36)20-33-19-23-10-6-11-25(32)14-23/h3-6,8-11,14,16-18,21,28-29,33,36H,7,12-13,15,19-20H2,1-2H3,(H,34,38). The number of halogens is 1. The predicted octanol–water partition coefficient (Wildman–Crippen LogP) is 4.85. The number of carbonyl (C=O) groups excluding carboxylic acids is 2. The molecule has 8 heteroatoms. The quantitative estimate of drug-likeness (QED) is 0.279. The van der Waals surface area contributed by atoms with Gasteiger partial charge >= 0.3 is 0 Å². The summed E-state index contributed by atoms with van der Waals surface area (Å²) in [6, 6.07) is 22.4. The van der Waals surface area contributed by atoms with Crippen molar-refractivity contribution in [1.29, 1.82) is 0 Å². The second-order valence-electron chi connectivity index (χ2n) is 10.1. The molecule has 1 aliphatic rings. The number of nitrogens with one attached hydrogen (secondary N) is 2. The molecule has 1 fully saturated rings. The van der Waals surface area contributed by atoms with Crippen LogP contribution in [0.25, 0.3) is 0 Å². The van der Waals surface area contributed by atoms with Crippen LogP contribution in [0, 0.1) is 0 Å². The number of aliphatic hydroxyl groups excluding tert-OH is 1. The maximum atomic E-state index is 13.6. The summed E-state index contributed by atoms with van der Waals surface area (Å²) >= 11 is 3.49. The van der Waals surface area contributed by atoms with E-state index in [-0.39, 0.29) is 17.9 Å². The Labute approximate surface area is 238 Å². The number of amides is 2. The van der Waals surface area contributed by atoms with Crippen LogP contribution in [0.2, 0.25) is 0 Å². The maximum Gasteiger partial charge on any atom is 0.251 e. The molecule has 0 radical (unpaired) electrons. The number of nitrogens with zero attached hydrogens (tertiary/aromatic N) is 1. The van der Waals surface area contributed by atoms with Gasteiger partial charge in [0.1, 0.15) is 5.75 Å². The maximum absolute atomic E-state index is 13.6. The summed E-state index contributed by atoms with van der Waals surface area (Å²) in [5.74, 6) is 0.240. The highest BCUT2D eigenvalue weighted by atomic mass is 79.9. The molecule has 0 bridgehead atoms. The molecule has 3 aromatic carbocycles. The van der Waals surface area contributed by atoms with Crippen molar-refractivity contribution >= 4 is 33.4 Å². The molecule has 0 aliphatic carbocycles. The van der Waals surface area contributed by atoms with Gasteiger partial charge in [0.15, 0.2) is 0 Å². The zero-order chi connectivity index (χ0) is 27.8. The van der Waals surface area contributed by atoms with E-state index in [1.54, 1.807) is 17.0 Å². The van der Waals surface area contributed by atoms with Crippen LogP contribution in [0.1, 0.15) is 48.2 Å². The van der Waals surface area contributed by atoms with Crippen LogP contribution < -0.4 is 20.3 Å². The lowest BCUT2D eigenvalue weighted by Crippen LogP contribution is -2.48. The van der Waals surface area contributed by atoms with E-state index in [0.717, 1.165) is 22.0 Å². The number of rotatable bonds is 12. The highest BCUT2D eigenvalue weighted by molar-refractivity contribution is 9.10. The van der Waals surface area contributed by atoms with Crippen LogP contribution in [0.15, 0.2) is 77.3 Å². The summed E-state index contributed by atoms with van der Waals surface area (Å²) in [6.45, 7) is 5.34. The average Bonchev–Trinajstić information content (AvgIpc) is 3.34. The zero-order valence-electron chi connectivity index (χ0n) is 22.4. The first-order valence-electron chi connectivity index (χ1n) is 13.4. The fraction of sp³-hybridized carbons (Fsp3) is 0.355. The third-order valence-corrected chi connectivity index (χ3v) is 7.05. The molecule has 3 aromatic rings. The van der Waals surface area contributed by atoms with Crippen LogP contribution in [0.5, 0.6) is 5.75 Å². The van der Waals surface area contributed by atoms with Crippen molar-refractivity contribution in [3.8, 4) is 5.75 Å². The lowest BCUT2D eigenvalue weighted by molar-refractivity contribution is -0.117. The molecular weight excluding hydrogens is 558 g/mol. The van der Waals surface area contributed by atoms with Crippen LogP contribution in [0.3, 0.4) is 0 Å². The van der Waals surface area contributed by atoms with Gasteiger partial charge in [0.2, 0.25) is 5.91 Å². The second kappa shape index (κ2) is 13.7. The first kappa shape index (κ1) is 28.8. The largest absolute Gasteiger partial charge is 0.491 e. The molecule has 0 spiro atoms. The van der Waals surface area contributed by atoms with Gasteiger partial charge in [-0.15, -0.1) is 0 Å². The highest BCUT2D eigenvalue weighted by Crippen LogP contribution is 2.28. The molecule has 3 N–H and O–H groups in total. The molecule has 1 heterocycles. The molecule has 1 aliphatic heterocycles. The summed E-state index contributed by atoms with van der Waals surface area (Å²) < 4.78 is 6.91. The fourth-order valence-electron chi connectivity index (χ4n) is 4.69. The van der Waals surface area contributed by atoms with E-state index in [1.807, 2.05) is 74.5 Å². The molecule has 4 rings (SSSR count). The summed E-state index contributed by atoms with van der Waals surface area (Å²) in [6.07, 6.45) is 0.819. The van der Waals surface area contributed by atoms with Gasteiger partial charge in [-0.1, -0.05) is 58.4 Å². The Morgan fingerprint density at radius 3 is 2.51 bits per heavy atom. The monoisotopic (exact) mass is 593 g/mol. The average molecular weight is 595 g/mol. The predicted molar refractivity (Wildman–Crippen MR) is 157 cm³/mol. The number of hydrogen-bond acceptors (Lipinski definition) is 5. The van der Waals surface area contributed by atoms with Gasteiger partial charge in [0, 0.05) is 47.8 Å². The Bertz CT molecular complexity index is 1270. The number of carbonyl (C=O) groups is 2. The minimum atomic E-state index is -0.837. The smallest absolute Gasteiger partial charge is 0.251 e. The lowest BCUT2D eigenvalue weighted by atomic mass is 10.00. The molecular formula is C31H36BrN3O4. The van der Waals surface area contributed by atoms with Gasteiger partial charge in [-0.2, -0.15) is 0 Å². The normalized spacial score (nSPS) is 14.9. The van der Waals surface area contributed by atoms with E-state index in [1.165, 1.54) is 0 Å². The van der Waals surface area contributed by atoms with Crippen molar-refractivity contribution in [3.63, 3.8) is 0 Å². The summed E-state index contributed by atoms with van der Waals surface area (Å²) in [7, 11) is 0. The molecule has 2 amide bonds. The number of hydrogen-bond donors (Lipinski definition) is 3. The molecule has 1 saturated heterocycles. The van der Waals surface area contributed by atoms with Gasteiger partial charge in [0.25, 0.3) is 5.91 Å². The number of benzene rings is 3.